The fourth-order valence-corrected chi connectivity index (χ4v) is 9.23. The van der Waals surface area contributed by atoms with Crippen LogP contribution in [0.5, 0.6) is 0 Å². The first kappa shape index (κ1) is 32.2. The van der Waals surface area contributed by atoms with E-state index in [1.165, 1.54) is 26.6 Å². The summed E-state index contributed by atoms with van der Waals surface area (Å²) in [5.74, 6) is 1.95. The van der Waals surface area contributed by atoms with Crippen LogP contribution in [0.2, 0.25) is 0 Å². The first-order valence-electron chi connectivity index (χ1n) is 18.7. The number of hydrogen-bond acceptors (Lipinski definition) is 5. The second-order valence-electron chi connectivity index (χ2n) is 13.9. The molecule has 0 amide bonds. The number of rotatable bonds is 6. The number of thiophene rings is 1. The molecule has 0 aliphatic rings. The van der Waals surface area contributed by atoms with Crippen molar-refractivity contribution in [3.8, 4) is 67.5 Å². The zero-order valence-electron chi connectivity index (χ0n) is 30.1. The minimum atomic E-state index is 0.649. The van der Waals surface area contributed by atoms with Crippen LogP contribution in [0.3, 0.4) is 0 Å². The minimum absolute atomic E-state index is 0.649. The van der Waals surface area contributed by atoms with Gasteiger partial charge in [-0.2, -0.15) is 0 Å². The Balaban J connectivity index is 1.12. The first-order chi connectivity index (χ1) is 27.7. The standard InChI is InChI=1S/C51H31N3OS/c1-4-15-32(16-5-1)35-21-12-22-36(29-35)43-30-37(31-45-46(43)41-23-10-11-28-44(41)55-45)38-24-13-25-39-40-26-14-27-42(48(40)56-47(38)39)51-53-49(33-17-6-2-7-18-33)52-50(54-51)34-19-8-3-9-20-34/h1-31H. The molecule has 0 fully saturated rings. The van der Waals surface area contributed by atoms with Gasteiger partial charge in [0.1, 0.15) is 11.2 Å². The molecule has 5 heteroatoms. The van der Waals surface area contributed by atoms with Crippen molar-refractivity contribution in [1.29, 1.82) is 0 Å². The number of hydrogen-bond donors (Lipinski definition) is 0. The van der Waals surface area contributed by atoms with Crippen LogP contribution in [0, 0.1) is 0 Å². The highest BCUT2D eigenvalue weighted by atomic mass is 32.1. The molecule has 0 N–H and O–H groups in total. The van der Waals surface area contributed by atoms with E-state index in [1.807, 2.05) is 66.7 Å². The van der Waals surface area contributed by atoms with Crippen molar-refractivity contribution in [1.82, 2.24) is 15.0 Å². The largest absolute Gasteiger partial charge is 0.456 e. The van der Waals surface area contributed by atoms with Crippen LogP contribution in [0.4, 0.5) is 0 Å². The van der Waals surface area contributed by atoms with Gasteiger partial charge in [0.05, 0.1) is 0 Å². The van der Waals surface area contributed by atoms with E-state index in [4.69, 9.17) is 19.4 Å². The molecule has 0 atom stereocenters. The van der Waals surface area contributed by atoms with Crippen LogP contribution >= 0.6 is 11.3 Å². The molecule has 0 bridgehead atoms. The normalized spacial score (nSPS) is 11.6. The second kappa shape index (κ2) is 13.3. The van der Waals surface area contributed by atoms with Crippen molar-refractivity contribution in [2.24, 2.45) is 0 Å². The van der Waals surface area contributed by atoms with Gasteiger partial charge in [-0.15, -0.1) is 11.3 Å². The van der Waals surface area contributed by atoms with Crippen LogP contribution in [-0.4, -0.2) is 15.0 Å². The monoisotopic (exact) mass is 733 g/mol. The van der Waals surface area contributed by atoms with E-state index in [2.05, 4.69) is 121 Å². The summed E-state index contributed by atoms with van der Waals surface area (Å²) >= 11 is 1.79. The van der Waals surface area contributed by atoms with Crippen LogP contribution in [-0.2, 0) is 0 Å². The van der Waals surface area contributed by atoms with Gasteiger partial charge in [-0.1, -0.05) is 158 Å². The maximum atomic E-state index is 6.62. The average molecular weight is 734 g/mol. The number of nitrogens with zero attached hydrogens (tertiary/aromatic N) is 3. The van der Waals surface area contributed by atoms with Crippen molar-refractivity contribution in [2.75, 3.05) is 0 Å². The second-order valence-corrected chi connectivity index (χ2v) is 15.0. The molecule has 11 rings (SSSR count). The van der Waals surface area contributed by atoms with Crippen molar-refractivity contribution in [3.05, 3.63) is 188 Å². The quantitative estimate of drug-likeness (QED) is 0.171. The Kier molecular flexibility index (Phi) is 7.64. The molecule has 8 aromatic carbocycles. The molecule has 0 radical (unpaired) electrons. The summed E-state index contributed by atoms with van der Waals surface area (Å²) in [6.45, 7) is 0. The molecule has 4 nitrogen and oxygen atoms in total. The van der Waals surface area contributed by atoms with Crippen molar-refractivity contribution in [2.45, 2.75) is 0 Å². The van der Waals surface area contributed by atoms with E-state index in [9.17, 15) is 0 Å². The van der Waals surface area contributed by atoms with Crippen molar-refractivity contribution in [3.63, 3.8) is 0 Å². The zero-order valence-corrected chi connectivity index (χ0v) is 30.9. The van der Waals surface area contributed by atoms with E-state index in [-0.39, 0.29) is 0 Å². The molecular weight excluding hydrogens is 703 g/mol. The predicted octanol–water partition coefficient (Wildman–Crippen LogP) is 14.1. The molecule has 0 saturated heterocycles. The maximum Gasteiger partial charge on any atom is 0.165 e. The minimum Gasteiger partial charge on any atom is -0.456 e. The van der Waals surface area contributed by atoms with Crippen molar-refractivity contribution >= 4 is 53.4 Å². The highest BCUT2D eigenvalue weighted by Gasteiger charge is 2.20. The third-order valence-electron chi connectivity index (χ3n) is 10.5. The molecule has 0 unspecified atom stereocenters. The Morgan fingerprint density at radius 2 is 0.839 bits per heavy atom. The van der Waals surface area contributed by atoms with E-state index >= 15 is 0 Å². The van der Waals surface area contributed by atoms with E-state index in [1.54, 1.807) is 11.3 Å². The van der Waals surface area contributed by atoms with Gasteiger partial charge in [0.2, 0.25) is 0 Å². The third-order valence-corrected chi connectivity index (χ3v) is 11.8. The fourth-order valence-electron chi connectivity index (χ4n) is 7.89. The van der Waals surface area contributed by atoms with Gasteiger partial charge in [0.25, 0.3) is 0 Å². The molecule has 11 aromatic rings. The molecule has 3 heterocycles. The summed E-state index contributed by atoms with van der Waals surface area (Å²) in [6.07, 6.45) is 0. The Morgan fingerprint density at radius 1 is 0.321 bits per heavy atom. The summed E-state index contributed by atoms with van der Waals surface area (Å²) in [5.41, 5.74) is 11.6. The molecular formula is C51H31N3OS. The van der Waals surface area contributed by atoms with Crippen LogP contribution < -0.4 is 0 Å². The molecule has 0 spiro atoms. The molecule has 0 aliphatic carbocycles. The Bertz CT molecular complexity index is 3180. The lowest BCUT2D eigenvalue weighted by Gasteiger charge is -2.11. The summed E-state index contributed by atoms with van der Waals surface area (Å²) in [7, 11) is 0. The van der Waals surface area contributed by atoms with Crippen LogP contribution in [0.1, 0.15) is 0 Å². The molecule has 3 aromatic heterocycles. The van der Waals surface area contributed by atoms with E-state index in [0.29, 0.717) is 17.5 Å². The fraction of sp³-hybridized carbons (Fsp3) is 0. The van der Waals surface area contributed by atoms with Crippen LogP contribution in [0.15, 0.2) is 192 Å². The smallest absolute Gasteiger partial charge is 0.165 e. The zero-order chi connectivity index (χ0) is 37.0. The van der Waals surface area contributed by atoms with Gasteiger partial charge in [0.15, 0.2) is 17.5 Å². The van der Waals surface area contributed by atoms with E-state index in [0.717, 1.165) is 65.6 Å². The number of fused-ring (bicyclic) bond motifs is 6. The summed E-state index contributed by atoms with van der Waals surface area (Å²) in [4.78, 5) is 15.1. The summed E-state index contributed by atoms with van der Waals surface area (Å²) < 4.78 is 8.96. The third kappa shape index (κ3) is 5.48. The Morgan fingerprint density at radius 3 is 1.54 bits per heavy atom. The topological polar surface area (TPSA) is 51.8 Å². The Hall–Kier alpha value is -7.21. The average Bonchev–Trinajstić information content (AvgIpc) is 3.86. The molecule has 0 aliphatic heterocycles. The summed E-state index contributed by atoms with van der Waals surface area (Å²) in [6, 6.07) is 65.7. The van der Waals surface area contributed by atoms with E-state index < -0.39 is 0 Å². The van der Waals surface area contributed by atoms with Gasteiger partial charge in [-0.25, -0.2) is 15.0 Å². The number of para-hydroxylation sites is 1. The van der Waals surface area contributed by atoms with Gasteiger partial charge in [0, 0.05) is 47.6 Å². The van der Waals surface area contributed by atoms with Gasteiger partial charge in [-0.05, 0) is 63.7 Å². The summed E-state index contributed by atoms with van der Waals surface area (Å²) in [5, 5.41) is 4.61. The maximum absolute atomic E-state index is 6.62. The number of furan rings is 1. The number of aromatic nitrogens is 3. The van der Waals surface area contributed by atoms with Crippen molar-refractivity contribution < 1.29 is 4.42 Å². The highest BCUT2D eigenvalue weighted by Crippen LogP contribution is 2.46. The lowest BCUT2D eigenvalue weighted by molar-refractivity contribution is 0.669. The highest BCUT2D eigenvalue weighted by molar-refractivity contribution is 7.26. The molecule has 0 saturated carbocycles. The van der Waals surface area contributed by atoms with Crippen LogP contribution in [0.25, 0.3) is 110 Å². The van der Waals surface area contributed by atoms with Gasteiger partial charge in [-0.3, -0.25) is 0 Å². The SMILES string of the molecule is c1ccc(-c2cccc(-c3cc(-c4cccc5c4sc4c(-c6nc(-c7ccccc7)nc(-c7ccccc7)n6)cccc45)cc4oc5ccccc5c34)c2)cc1. The molecule has 262 valence electrons. The van der Waals surface area contributed by atoms with Gasteiger partial charge >= 0.3 is 0 Å². The lowest BCUT2D eigenvalue weighted by Crippen LogP contribution is -2.00. The van der Waals surface area contributed by atoms with Gasteiger partial charge < -0.3 is 4.42 Å². The first-order valence-corrected chi connectivity index (χ1v) is 19.5. The lowest BCUT2D eigenvalue weighted by atomic mass is 9.92. The Labute approximate surface area is 327 Å². The number of benzene rings is 8. The predicted molar refractivity (Wildman–Crippen MR) is 233 cm³/mol. The molecule has 56 heavy (non-hydrogen) atoms.